The van der Waals surface area contributed by atoms with E-state index in [-0.39, 0.29) is 18.8 Å². The predicted octanol–water partition coefficient (Wildman–Crippen LogP) is 1.09. The maximum absolute atomic E-state index is 9.60. The van der Waals surface area contributed by atoms with Crippen molar-refractivity contribution in [3.63, 3.8) is 0 Å². The van der Waals surface area contributed by atoms with Crippen molar-refractivity contribution in [1.29, 1.82) is 0 Å². The smallest absolute Gasteiger partial charge is 0.330 e. The third-order valence-corrected chi connectivity index (χ3v) is 3.04. The van der Waals surface area contributed by atoms with Crippen molar-refractivity contribution in [2.45, 2.75) is 13.2 Å². The van der Waals surface area contributed by atoms with E-state index in [0.717, 1.165) is 0 Å². The van der Waals surface area contributed by atoms with Crippen LogP contribution in [-0.4, -0.2) is 87.0 Å². The summed E-state index contributed by atoms with van der Waals surface area (Å²) in [7, 11) is 0. The van der Waals surface area contributed by atoms with Crippen LogP contribution in [-0.2, 0) is 23.7 Å². The fourth-order valence-electron chi connectivity index (χ4n) is 1.62. The average Bonchev–Trinajstić information content (AvgIpc) is 2.72. The van der Waals surface area contributed by atoms with E-state index in [1.807, 2.05) is 18.2 Å². The van der Waals surface area contributed by atoms with Gasteiger partial charge in [0, 0.05) is 5.57 Å². The third kappa shape index (κ3) is 17.8. The molecule has 0 aliphatic carbocycles. The molecule has 3 N–H and O–H groups in total. The van der Waals surface area contributed by atoms with Crippen LogP contribution in [0.15, 0.2) is 42.5 Å². The minimum absolute atomic E-state index is 0.0198. The minimum Gasteiger partial charge on any atom is -0.478 e. The lowest BCUT2D eigenvalue weighted by atomic mass is 10.3. The molecule has 1 unspecified atom stereocenters. The van der Waals surface area contributed by atoms with Gasteiger partial charge in [0.05, 0.1) is 52.9 Å². The summed E-state index contributed by atoms with van der Waals surface area (Å²) in [4.78, 5) is 9.60. The number of aliphatic hydroxyl groups excluding tert-OH is 2. The van der Waals surface area contributed by atoms with Crippen LogP contribution in [0.2, 0.25) is 0 Å². The number of carboxylic acid groups (broad SMARTS) is 1. The van der Waals surface area contributed by atoms with E-state index in [4.69, 9.17) is 33.9 Å². The Bertz CT molecular complexity index is 510. The van der Waals surface area contributed by atoms with Crippen LogP contribution in [0.1, 0.15) is 6.92 Å². The highest BCUT2D eigenvalue weighted by Gasteiger charge is 2.08. The molecule has 0 saturated carbocycles. The van der Waals surface area contributed by atoms with Crippen molar-refractivity contribution >= 4 is 5.97 Å². The maximum Gasteiger partial charge on any atom is 0.330 e. The molecular formula is C20H32O9. The molecule has 0 aromatic heterocycles. The number of aliphatic carboxylic acids is 1. The lowest BCUT2D eigenvalue weighted by Crippen LogP contribution is -2.26. The number of para-hydroxylation sites is 1. The second-order valence-corrected chi connectivity index (χ2v) is 5.56. The van der Waals surface area contributed by atoms with Crippen molar-refractivity contribution in [3.05, 3.63) is 42.5 Å². The number of rotatable bonds is 16. The van der Waals surface area contributed by atoms with Crippen molar-refractivity contribution in [3.8, 4) is 5.75 Å². The highest BCUT2D eigenvalue weighted by atomic mass is 16.7. The number of aliphatic hydroxyl groups is 2. The summed E-state index contributed by atoms with van der Waals surface area (Å²) in [5, 5.41) is 25.6. The van der Waals surface area contributed by atoms with Gasteiger partial charge in [0.25, 0.3) is 0 Å². The molecule has 0 bridgehead atoms. The summed E-state index contributed by atoms with van der Waals surface area (Å²) in [6.45, 7) is 7.27. The zero-order valence-corrected chi connectivity index (χ0v) is 16.8. The highest BCUT2D eigenvalue weighted by Crippen LogP contribution is 2.11. The van der Waals surface area contributed by atoms with Gasteiger partial charge in [-0.1, -0.05) is 24.8 Å². The number of ether oxygens (including phenoxy) is 5. The van der Waals surface area contributed by atoms with Crippen LogP contribution in [0, 0.1) is 0 Å². The van der Waals surface area contributed by atoms with Gasteiger partial charge in [0.15, 0.2) is 0 Å². The molecule has 0 aliphatic rings. The van der Waals surface area contributed by atoms with Crippen molar-refractivity contribution < 1.29 is 43.8 Å². The normalized spacial score (nSPS) is 11.3. The number of carboxylic acids is 1. The van der Waals surface area contributed by atoms with Crippen molar-refractivity contribution in [2.75, 3.05) is 59.5 Å². The summed E-state index contributed by atoms with van der Waals surface area (Å²) in [5.41, 5.74) is 0.176. The minimum atomic E-state index is -0.935. The SMILES string of the molecule is C=C(C)C(=O)O.OCCOCCOCCOCCOC(CO)Oc1ccccc1. The molecule has 9 nitrogen and oxygen atoms in total. The monoisotopic (exact) mass is 416 g/mol. The van der Waals surface area contributed by atoms with E-state index < -0.39 is 12.3 Å². The van der Waals surface area contributed by atoms with Gasteiger partial charge in [-0.25, -0.2) is 4.79 Å². The van der Waals surface area contributed by atoms with Gasteiger partial charge in [0.2, 0.25) is 6.29 Å². The van der Waals surface area contributed by atoms with Gasteiger partial charge >= 0.3 is 5.97 Å². The van der Waals surface area contributed by atoms with Gasteiger partial charge in [-0.3, -0.25) is 0 Å². The van der Waals surface area contributed by atoms with Crippen LogP contribution < -0.4 is 4.74 Å². The first kappa shape index (κ1) is 27.0. The molecule has 0 saturated heterocycles. The van der Waals surface area contributed by atoms with E-state index in [9.17, 15) is 9.90 Å². The van der Waals surface area contributed by atoms with E-state index in [2.05, 4.69) is 6.58 Å². The molecule has 0 fully saturated rings. The van der Waals surface area contributed by atoms with Crippen LogP contribution in [0.5, 0.6) is 5.75 Å². The Morgan fingerprint density at radius 1 is 0.931 bits per heavy atom. The van der Waals surface area contributed by atoms with Crippen LogP contribution >= 0.6 is 0 Å². The first-order chi connectivity index (χ1) is 14.0. The van der Waals surface area contributed by atoms with E-state index in [0.29, 0.717) is 52.0 Å². The fraction of sp³-hybridized carbons (Fsp3) is 0.550. The zero-order chi connectivity index (χ0) is 21.7. The maximum atomic E-state index is 9.60. The zero-order valence-electron chi connectivity index (χ0n) is 16.8. The number of benzene rings is 1. The molecule has 1 aromatic rings. The Kier molecular flexibility index (Phi) is 18.0. The largest absolute Gasteiger partial charge is 0.478 e. The summed E-state index contributed by atoms with van der Waals surface area (Å²) in [6.07, 6.45) is -0.707. The van der Waals surface area contributed by atoms with Crippen molar-refractivity contribution in [1.82, 2.24) is 0 Å². The number of hydrogen-bond donors (Lipinski definition) is 3. The standard InChI is InChI=1S/C16H26O7.C4H6O2/c17-6-7-19-8-9-20-10-11-21-12-13-22-16(14-18)23-15-4-2-1-3-5-15;1-3(2)4(5)6/h1-5,16-18H,6-14H2;1H2,2H3,(H,5,6). The highest BCUT2D eigenvalue weighted by molar-refractivity contribution is 5.84. The van der Waals surface area contributed by atoms with E-state index in [1.165, 1.54) is 6.92 Å². The molecule has 9 heteroatoms. The fourth-order valence-corrected chi connectivity index (χ4v) is 1.62. The van der Waals surface area contributed by atoms with Gasteiger partial charge in [-0.15, -0.1) is 0 Å². The van der Waals surface area contributed by atoms with Gasteiger partial charge < -0.3 is 39.0 Å². The van der Waals surface area contributed by atoms with E-state index in [1.54, 1.807) is 12.1 Å². The second-order valence-electron chi connectivity index (χ2n) is 5.56. The molecular weight excluding hydrogens is 384 g/mol. The lowest BCUT2D eigenvalue weighted by Gasteiger charge is -2.17. The average molecular weight is 416 g/mol. The first-order valence-corrected chi connectivity index (χ1v) is 9.18. The van der Waals surface area contributed by atoms with Crippen LogP contribution in [0.25, 0.3) is 0 Å². The second kappa shape index (κ2) is 19.3. The molecule has 166 valence electrons. The quantitative estimate of drug-likeness (QED) is 0.206. The third-order valence-electron chi connectivity index (χ3n) is 3.04. The van der Waals surface area contributed by atoms with Gasteiger partial charge in [-0.2, -0.15) is 0 Å². The molecule has 1 aromatic carbocycles. The summed E-state index contributed by atoms with van der Waals surface area (Å²) >= 11 is 0. The predicted molar refractivity (Wildman–Crippen MR) is 106 cm³/mol. The number of carbonyl (C=O) groups is 1. The molecule has 0 spiro atoms. The van der Waals surface area contributed by atoms with Crippen molar-refractivity contribution in [2.24, 2.45) is 0 Å². The van der Waals surface area contributed by atoms with E-state index >= 15 is 0 Å². The molecule has 29 heavy (non-hydrogen) atoms. The molecule has 0 aliphatic heterocycles. The molecule has 1 atom stereocenters. The Balaban J connectivity index is 0.00000113. The Morgan fingerprint density at radius 3 is 1.86 bits per heavy atom. The van der Waals surface area contributed by atoms with Crippen LogP contribution in [0.3, 0.4) is 0 Å². The topological polar surface area (TPSA) is 124 Å². The van der Waals surface area contributed by atoms with Gasteiger partial charge in [-0.05, 0) is 19.1 Å². The van der Waals surface area contributed by atoms with Crippen LogP contribution in [0.4, 0.5) is 0 Å². The molecule has 1 rings (SSSR count). The lowest BCUT2D eigenvalue weighted by molar-refractivity contribution is -0.132. The Morgan fingerprint density at radius 2 is 1.41 bits per heavy atom. The summed E-state index contributed by atoms with van der Waals surface area (Å²) in [5.74, 6) is -0.292. The summed E-state index contributed by atoms with van der Waals surface area (Å²) < 4.78 is 26.5. The molecule has 0 heterocycles. The summed E-state index contributed by atoms with van der Waals surface area (Å²) in [6, 6.07) is 9.17. The number of hydrogen-bond acceptors (Lipinski definition) is 8. The Labute approximate surface area is 171 Å². The molecule has 0 amide bonds. The van der Waals surface area contributed by atoms with Gasteiger partial charge in [0.1, 0.15) is 12.4 Å². The first-order valence-electron chi connectivity index (χ1n) is 9.18. The Hall–Kier alpha value is -2.01. The molecule has 0 radical (unpaired) electrons.